The maximum absolute atomic E-state index is 13.0. The van der Waals surface area contributed by atoms with Gasteiger partial charge in [0.15, 0.2) is 0 Å². The minimum absolute atomic E-state index is 0.0637. The van der Waals surface area contributed by atoms with Crippen LogP contribution in [0, 0.1) is 6.92 Å². The molecule has 29 heavy (non-hydrogen) atoms. The minimum atomic E-state index is -3.42. The minimum Gasteiger partial charge on any atom is -0.341 e. The number of fused-ring (bicyclic) bond motifs is 1. The monoisotopic (exact) mass is 407 g/mol. The lowest BCUT2D eigenvalue weighted by Crippen LogP contribution is -2.38. The summed E-state index contributed by atoms with van der Waals surface area (Å²) in [6, 6.07) is 17.6. The molecule has 0 saturated heterocycles. The summed E-state index contributed by atoms with van der Waals surface area (Å²) in [6.07, 6.45) is 4.82. The van der Waals surface area contributed by atoms with Crippen LogP contribution >= 0.6 is 0 Å². The second-order valence-electron chi connectivity index (χ2n) is 7.07. The second kappa shape index (κ2) is 7.67. The summed E-state index contributed by atoms with van der Waals surface area (Å²) in [4.78, 5) is 14.7. The van der Waals surface area contributed by atoms with Crippen LogP contribution < -0.4 is 5.32 Å². The van der Waals surface area contributed by atoms with Crippen molar-refractivity contribution in [3.63, 3.8) is 0 Å². The molecule has 0 saturated carbocycles. The van der Waals surface area contributed by atoms with E-state index in [0.29, 0.717) is 11.4 Å². The van der Waals surface area contributed by atoms with Crippen LogP contribution in [0.3, 0.4) is 0 Å². The molecule has 0 radical (unpaired) electrons. The highest BCUT2D eigenvalue weighted by Gasteiger charge is 2.26. The molecule has 0 unspecified atom stereocenters. The van der Waals surface area contributed by atoms with Crippen LogP contribution in [0.15, 0.2) is 82.9 Å². The highest BCUT2D eigenvalue weighted by molar-refractivity contribution is 7.90. The number of amides is 1. The lowest BCUT2D eigenvalue weighted by molar-refractivity contribution is -0.117. The Morgan fingerprint density at radius 2 is 1.72 bits per heavy atom. The summed E-state index contributed by atoms with van der Waals surface area (Å²) in [7, 11) is -3.42. The molecule has 6 nitrogen and oxygen atoms in total. The van der Waals surface area contributed by atoms with E-state index in [9.17, 15) is 13.2 Å². The van der Waals surface area contributed by atoms with Crippen molar-refractivity contribution in [2.24, 2.45) is 4.40 Å². The first kappa shape index (κ1) is 19.1. The fourth-order valence-electron chi connectivity index (χ4n) is 3.31. The standard InChI is InChI=1S/C22H21N3O3S/c1-16-7-9-18(10-8-16)21(17-5-3-2-4-6-17)23-22(26)19-11-12-20-24-29(27,28)14-13-25(20)15-19/h2-12,15,21H,13-14H2,1H3,(H,23,26)/t21-/m1/s1. The van der Waals surface area contributed by atoms with E-state index in [1.165, 1.54) is 0 Å². The van der Waals surface area contributed by atoms with E-state index in [-0.39, 0.29) is 24.2 Å². The van der Waals surface area contributed by atoms with E-state index in [1.54, 1.807) is 23.3 Å². The Bertz CT molecular complexity index is 1120. The fraction of sp³-hybridized carbons (Fsp3) is 0.182. The van der Waals surface area contributed by atoms with Crippen molar-refractivity contribution in [1.29, 1.82) is 0 Å². The molecule has 1 amide bonds. The van der Waals surface area contributed by atoms with Crippen molar-refractivity contribution in [2.75, 3.05) is 12.3 Å². The number of nitrogens with zero attached hydrogens (tertiary/aromatic N) is 2. The molecule has 0 aliphatic carbocycles. The molecule has 148 valence electrons. The quantitative estimate of drug-likeness (QED) is 0.845. The number of rotatable bonds is 4. The lowest BCUT2D eigenvalue weighted by atomic mass is 9.97. The summed E-state index contributed by atoms with van der Waals surface area (Å²) in [6.45, 7) is 2.30. The third-order valence-corrected chi connectivity index (χ3v) is 6.07. The molecule has 0 spiro atoms. The van der Waals surface area contributed by atoms with Gasteiger partial charge >= 0.3 is 0 Å². The highest BCUT2D eigenvalue weighted by Crippen LogP contribution is 2.24. The third-order valence-electron chi connectivity index (χ3n) is 4.91. The first-order chi connectivity index (χ1) is 13.9. The van der Waals surface area contributed by atoms with Gasteiger partial charge in [0, 0.05) is 12.7 Å². The average molecular weight is 407 g/mol. The molecular weight excluding hydrogens is 386 g/mol. The van der Waals surface area contributed by atoms with Crippen LogP contribution in [-0.4, -0.2) is 37.4 Å². The van der Waals surface area contributed by atoms with E-state index in [2.05, 4.69) is 9.71 Å². The average Bonchev–Trinajstić information content (AvgIpc) is 2.72. The second-order valence-corrected chi connectivity index (χ2v) is 8.83. The number of carbonyl (C=O) groups excluding carboxylic acids is 1. The number of carbonyl (C=O) groups is 1. The van der Waals surface area contributed by atoms with Crippen LogP contribution in [0.4, 0.5) is 0 Å². The van der Waals surface area contributed by atoms with Crippen molar-refractivity contribution < 1.29 is 13.2 Å². The Labute approximate surface area is 170 Å². The topological polar surface area (TPSA) is 78.8 Å². The zero-order valence-corrected chi connectivity index (χ0v) is 16.8. The number of hydrogen-bond donors (Lipinski definition) is 1. The maximum atomic E-state index is 13.0. The van der Waals surface area contributed by atoms with Crippen molar-refractivity contribution in [3.05, 3.63) is 95.2 Å². The number of nitrogens with one attached hydrogen (secondary N) is 1. The van der Waals surface area contributed by atoms with Gasteiger partial charge in [0.2, 0.25) is 0 Å². The Morgan fingerprint density at radius 3 is 2.45 bits per heavy atom. The first-order valence-corrected chi connectivity index (χ1v) is 10.9. The molecule has 0 fully saturated rings. The number of hydrogen-bond acceptors (Lipinski definition) is 4. The normalized spacial score (nSPS) is 18.3. The molecule has 2 aliphatic rings. The Morgan fingerprint density at radius 1 is 1.03 bits per heavy atom. The number of benzene rings is 2. The Kier molecular flexibility index (Phi) is 5.07. The van der Waals surface area contributed by atoms with Crippen LogP contribution in [0.25, 0.3) is 0 Å². The number of sulfonamides is 1. The summed E-state index contributed by atoms with van der Waals surface area (Å²) < 4.78 is 27.1. The number of amidine groups is 1. The van der Waals surface area contributed by atoms with Gasteiger partial charge in [-0.25, -0.2) is 8.42 Å². The van der Waals surface area contributed by atoms with Crippen molar-refractivity contribution in [1.82, 2.24) is 10.2 Å². The van der Waals surface area contributed by atoms with E-state index in [0.717, 1.165) is 16.7 Å². The molecule has 1 N–H and O–H groups in total. The van der Waals surface area contributed by atoms with Gasteiger partial charge in [0.1, 0.15) is 5.84 Å². The molecule has 2 aromatic carbocycles. The zero-order chi connectivity index (χ0) is 20.4. The fourth-order valence-corrected chi connectivity index (χ4v) is 4.28. The lowest BCUT2D eigenvalue weighted by Gasteiger charge is -2.27. The summed E-state index contributed by atoms with van der Waals surface area (Å²) in [5.74, 6) is 0.0419. The van der Waals surface area contributed by atoms with Crippen molar-refractivity contribution >= 4 is 21.8 Å². The van der Waals surface area contributed by atoms with E-state index < -0.39 is 10.0 Å². The maximum Gasteiger partial charge on any atom is 0.256 e. The molecule has 1 atom stereocenters. The van der Waals surface area contributed by atoms with Gasteiger partial charge in [0.25, 0.3) is 15.9 Å². The molecule has 2 heterocycles. The summed E-state index contributed by atoms with van der Waals surface area (Å²) in [5.41, 5.74) is 3.58. The smallest absolute Gasteiger partial charge is 0.256 e. The van der Waals surface area contributed by atoms with Crippen LogP contribution in [0.2, 0.25) is 0 Å². The van der Waals surface area contributed by atoms with Crippen LogP contribution in [-0.2, 0) is 14.8 Å². The van der Waals surface area contributed by atoms with E-state index in [4.69, 9.17) is 0 Å². The molecular formula is C22H21N3O3S. The largest absolute Gasteiger partial charge is 0.341 e. The highest BCUT2D eigenvalue weighted by atomic mass is 32.2. The van der Waals surface area contributed by atoms with Gasteiger partial charge in [0.05, 0.1) is 17.4 Å². The molecule has 2 aromatic rings. The number of aryl methyl sites for hydroxylation is 1. The van der Waals surface area contributed by atoms with Gasteiger partial charge in [-0.3, -0.25) is 4.79 Å². The summed E-state index contributed by atoms with van der Waals surface area (Å²) in [5, 5.41) is 3.11. The van der Waals surface area contributed by atoms with Crippen molar-refractivity contribution in [2.45, 2.75) is 13.0 Å². The van der Waals surface area contributed by atoms with Crippen LogP contribution in [0.1, 0.15) is 22.7 Å². The first-order valence-electron chi connectivity index (χ1n) is 9.33. The van der Waals surface area contributed by atoms with Gasteiger partial charge < -0.3 is 10.2 Å². The van der Waals surface area contributed by atoms with Gasteiger partial charge in [-0.15, -0.1) is 4.40 Å². The van der Waals surface area contributed by atoms with Crippen molar-refractivity contribution in [3.8, 4) is 0 Å². The molecule has 0 aromatic heterocycles. The predicted molar refractivity (Wildman–Crippen MR) is 113 cm³/mol. The molecule has 0 bridgehead atoms. The zero-order valence-electron chi connectivity index (χ0n) is 15.9. The van der Waals surface area contributed by atoms with Gasteiger partial charge in [-0.05, 0) is 30.2 Å². The Balaban J connectivity index is 1.60. The van der Waals surface area contributed by atoms with E-state index in [1.807, 2.05) is 61.5 Å². The predicted octanol–water partition coefficient (Wildman–Crippen LogP) is 2.70. The summed E-state index contributed by atoms with van der Waals surface area (Å²) >= 11 is 0. The molecule has 7 heteroatoms. The molecule has 4 rings (SSSR count). The molecule has 2 aliphatic heterocycles. The van der Waals surface area contributed by atoms with Gasteiger partial charge in [-0.1, -0.05) is 60.2 Å². The van der Waals surface area contributed by atoms with Crippen LogP contribution in [0.5, 0.6) is 0 Å². The van der Waals surface area contributed by atoms with Gasteiger partial charge in [-0.2, -0.15) is 0 Å². The SMILES string of the molecule is Cc1ccc([C@H](NC(=O)C2=CN3CCS(=O)(=O)N=C3C=C2)c2ccccc2)cc1. The van der Waals surface area contributed by atoms with E-state index >= 15 is 0 Å². The third kappa shape index (κ3) is 4.30. The Hall–Kier alpha value is -3.19.